The molecule has 2 heterocycles. The summed E-state index contributed by atoms with van der Waals surface area (Å²) in [4.78, 5) is 15.9. The van der Waals surface area contributed by atoms with Crippen molar-refractivity contribution in [1.82, 2.24) is 9.80 Å². The third kappa shape index (κ3) is 3.81. The van der Waals surface area contributed by atoms with E-state index in [0.717, 1.165) is 26.2 Å². The second-order valence-corrected chi connectivity index (χ2v) is 6.07. The van der Waals surface area contributed by atoms with E-state index < -0.39 is 5.60 Å². The van der Waals surface area contributed by atoms with Crippen molar-refractivity contribution in [3.8, 4) is 0 Å². The number of carbonyl (C=O) groups excluding carboxylic acids is 1. The largest absolute Gasteiger partial charge is 0.444 e. The molecule has 19 heavy (non-hydrogen) atoms. The Kier molecular flexibility index (Phi) is 4.32. The van der Waals surface area contributed by atoms with E-state index in [1.807, 2.05) is 20.8 Å². The fourth-order valence-electron chi connectivity index (χ4n) is 2.27. The number of hydrogen-bond donors (Lipinski definition) is 0. The van der Waals surface area contributed by atoms with Crippen LogP contribution in [0.2, 0.25) is 0 Å². The second kappa shape index (κ2) is 5.64. The normalized spacial score (nSPS) is 26.1. The Morgan fingerprint density at radius 1 is 1.26 bits per heavy atom. The molecule has 1 atom stereocenters. The van der Waals surface area contributed by atoms with Gasteiger partial charge in [-0.3, -0.25) is 4.90 Å². The lowest BCUT2D eigenvalue weighted by Gasteiger charge is -2.47. The Labute approximate surface area is 114 Å². The zero-order chi connectivity index (χ0) is 14.0. The molecule has 0 spiro atoms. The lowest BCUT2D eigenvalue weighted by atomic mass is 10.1. The predicted octanol–water partition coefficient (Wildman–Crippen LogP) is 0.910. The minimum Gasteiger partial charge on any atom is -0.444 e. The predicted molar refractivity (Wildman–Crippen MR) is 69.9 cm³/mol. The number of hydrogen-bond acceptors (Lipinski definition) is 5. The molecule has 2 aliphatic rings. The van der Waals surface area contributed by atoms with E-state index in [0.29, 0.717) is 12.6 Å². The summed E-state index contributed by atoms with van der Waals surface area (Å²) in [7, 11) is 1.65. The monoisotopic (exact) mass is 272 g/mol. The van der Waals surface area contributed by atoms with Gasteiger partial charge in [0.1, 0.15) is 5.60 Å². The Morgan fingerprint density at radius 2 is 1.95 bits per heavy atom. The Hall–Kier alpha value is -0.850. The summed E-state index contributed by atoms with van der Waals surface area (Å²) >= 11 is 0. The van der Waals surface area contributed by atoms with Crippen LogP contribution in [0.4, 0.5) is 4.79 Å². The van der Waals surface area contributed by atoms with E-state index in [4.69, 9.17) is 14.2 Å². The molecule has 6 nitrogen and oxygen atoms in total. The van der Waals surface area contributed by atoms with Crippen LogP contribution in [0.3, 0.4) is 0 Å². The summed E-state index contributed by atoms with van der Waals surface area (Å²) in [5, 5.41) is 0. The van der Waals surface area contributed by atoms with Gasteiger partial charge in [0.05, 0.1) is 13.2 Å². The van der Waals surface area contributed by atoms with Crippen molar-refractivity contribution >= 4 is 6.09 Å². The SMILES string of the molecule is COC1CN(C2CN(C(=O)OC(C)(C)C)C2)CCO1. The first-order valence-corrected chi connectivity index (χ1v) is 6.75. The van der Waals surface area contributed by atoms with Crippen molar-refractivity contribution in [1.29, 1.82) is 0 Å². The maximum Gasteiger partial charge on any atom is 0.410 e. The van der Waals surface area contributed by atoms with Crippen molar-refractivity contribution in [3.05, 3.63) is 0 Å². The van der Waals surface area contributed by atoms with E-state index in [2.05, 4.69) is 4.90 Å². The van der Waals surface area contributed by atoms with Crippen molar-refractivity contribution < 1.29 is 19.0 Å². The number of methoxy groups -OCH3 is 1. The molecule has 0 radical (unpaired) electrons. The molecule has 2 rings (SSSR count). The van der Waals surface area contributed by atoms with Gasteiger partial charge in [-0.1, -0.05) is 0 Å². The molecule has 6 heteroatoms. The Morgan fingerprint density at radius 3 is 2.53 bits per heavy atom. The molecular weight excluding hydrogens is 248 g/mol. The molecule has 1 unspecified atom stereocenters. The molecule has 1 amide bonds. The van der Waals surface area contributed by atoms with Gasteiger partial charge >= 0.3 is 6.09 Å². The number of nitrogens with zero attached hydrogens (tertiary/aromatic N) is 2. The minimum absolute atomic E-state index is 0.149. The summed E-state index contributed by atoms with van der Waals surface area (Å²) in [6.45, 7) is 9.45. The highest BCUT2D eigenvalue weighted by Crippen LogP contribution is 2.20. The molecular formula is C13H24N2O4. The highest BCUT2D eigenvalue weighted by Gasteiger charge is 2.38. The molecule has 0 aliphatic carbocycles. The van der Waals surface area contributed by atoms with Gasteiger partial charge in [0.25, 0.3) is 0 Å². The van der Waals surface area contributed by atoms with Crippen LogP contribution in [-0.4, -0.2) is 73.7 Å². The van der Waals surface area contributed by atoms with Gasteiger partial charge in [-0.15, -0.1) is 0 Å². The van der Waals surface area contributed by atoms with Crippen molar-refractivity contribution in [3.63, 3.8) is 0 Å². The first-order valence-electron chi connectivity index (χ1n) is 6.75. The molecule has 0 aromatic carbocycles. The zero-order valence-electron chi connectivity index (χ0n) is 12.2. The summed E-state index contributed by atoms with van der Waals surface area (Å²) in [5.74, 6) is 0. The van der Waals surface area contributed by atoms with E-state index in [-0.39, 0.29) is 12.4 Å². The average Bonchev–Trinajstić information content (AvgIpc) is 2.25. The van der Waals surface area contributed by atoms with Crippen LogP contribution in [0.15, 0.2) is 0 Å². The van der Waals surface area contributed by atoms with Crippen LogP contribution in [0, 0.1) is 0 Å². The lowest BCUT2D eigenvalue weighted by molar-refractivity contribution is -0.177. The number of morpholine rings is 1. The lowest BCUT2D eigenvalue weighted by Crippen LogP contribution is -2.64. The molecule has 0 N–H and O–H groups in total. The van der Waals surface area contributed by atoms with Crippen LogP contribution in [0.5, 0.6) is 0 Å². The number of likely N-dealkylation sites (tertiary alicyclic amines) is 1. The van der Waals surface area contributed by atoms with Crippen molar-refractivity contribution in [2.45, 2.75) is 38.7 Å². The van der Waals surface area contributed by atoms with E-state index in [1.165, 1.54) is 0 Å². The topological polar surface area (TPSA) is 51.2 Å². The van der Waals surface area contributed by atoms with Gasteiger partial charge in [-0.25, -0.2) is 4.79 Å². The molecule has 2 aliphatic heterocycles. The van der Waals surface area contributed by atoms with Gasteiger partial charge in [-0.2, -0.15) is 0 Å². The Balaban J connectivity index is 1.75. The van der Waals surface area contributed by atoms with Crippen LogP contribution < -0.4 is 0 Å². The fourth-order valence-corrected chi connectivity index (χ4v) is 2.27. The van der Waals surface area contributed by atoms with Crippen molar-refractivity contribution in [2.24, 2.45) is 0 Å². The molecule has 0 bridgehead atoms. The van der Waals surface area contributed by atoms with Gasteiger partial charge in [-0.05, 0) is 20.8 Å². The molecule has 2 fully saturated rings. The number of amides is 1. The highest BCUT2D eigenvalue weighted by molar-refractivity contribution is 5.69. The molecule has 2 saturated heterocycles. The highest BCUT2D eigenvalue weighted by atomic mass is 16.7. The number of carbonyl (C=O) groups is 1. The van der Waals surface area contributed by atoms with Gasteiger partial charge < -0.3 is 19.1 Å². The van der Waals surface area contributed by atoms with Crippen LogP contribution in [0.1, 0.15) is 20.8 Å². The molecule has 0 saturated carbocycles. The first kappa shape index (κ1) is 14.6. The summed E-state index contributed by atoms with van der Waals surface area (Å²) in [6, 6.07) is 0.397. The minimum atomic E-state index is -0.428. The quantitative estimate of drug-likeness (QED) is 0.748. The summed E-state index contributed by atoms with van der Waals surface area (Å²) in [6.07, 6.45) is -0.371. The molecule has 0 aromatic rings. The molecule has 110 valence electrons. The third-order valence-corrected chi connectivity index (χ3v) is 3.36. The summed E-state index contributed by atoms with van der Waals surface area (Å²) < 4.78 is 16.0. The molecule has 0 aromatic heterocycles. The fraction of sp³-hybridized carbons (Fsp3) is 0.923. The van der Waals surface area contributed by atoms with E-state index in [1.54, 1.807) is 12.0 Å². The first-order chi connectivity index (χ1) is 8.89. The van der Waals surface area contributed by atoms with Gasteiger partial charge in [0, 0.05) is 32.8 Å². The number of ether oxygens (including phenoxy) is 3. The van der Waals surface area contributed by atoms with E-state index >= 15 is 0 Å². The van der Waals surface area contributed by atoms with Crippen molar-refractivity contribution in [2.75, 3.05) is 39.9 Å². The van der Waals surface area contributed by atoms with Crippen LogP contribution in [0.25, 0.3) is 0 Å². The second-order valence-electron chi connectivity index (χ2n) is 6.07. The Bertz CT molecular complexity index is 323. The third-order valence-electron chi connectivity index (χ3n) is 3.36. The smallest absolute Gasteiger partial charge is 0.410 e. The number of rotatable bonds is 2. The zero-order valence-corrected chi connectivity index (χ0v) is 12.2. The summed E-state index contributed by atoms with van der Waals surface area (Å²) in [5.41, 5.74) is -0.428. The van der Waals surface area contributed by atoms with Crippen LogP contribution in [-0.2, 0) is 14.2 Å². The van der Waals surface area contributed by atoms with Crippen LogP contribution >= 0.6 is 0 Å². The maximum atomic E-state index is 11.8. The standard InChI is InChI=1S/C13H24N2O4/c1-13(2,3)19-12(16)15-7-10(8-15)14-5-6-18-11(9-14)17-4/h10-11H,5-9H2,1-4H3. The maximum absolute atomic E-state index is 11.8. The van der Waals surface area contributed by atoms with Gasteiger partial charge in [0.2, 0.25) is 0 Å². The van der Waals surface area contributed by atoms with E-state index in [9.17, 15) is 4.79 Å². The van der Waals surface area contributed by atoms with Gasteiger partial charge in [0.15, 0.2) is 6.29 Å². The average molecular weight is 272 g/mol.